The largest absolute Gasteiger partial charge is 0.481 e. The van der Waals surface area contributed by atoms with E-state index in [4.69, 9.17) is 5.11 Å². The van der Waals surface area contributed by atoms with Gasteiger partial charge in [-0.2, -0.15) is 0 Å². The number of carbonyl (C=O) groups excluding carboxylic acids is 2. The smallest absolute Gasteiger partial charge is 0.310 e. The van der Waals surface area contributed by atoms with Gasteiger partial charge in [0.25, 0.3) is 0 Å². The maximum atomic E-state index is 11.0. The van der Waals surface area contributed by atoms with Crippen molar-refractivity contribution in [3.05, 3.63) is 0 Å². The van der Waals surface area contributed by atoms with Crippen molar-refractivity contribution in [1.82, 2.24) is 10.2 Å². The molecule has 1 saturated heterocycles. The second kappa shape index (κ2) is 3.98. The van der Waals surface area contributed by atoms with Crippen LogP contribution >= 0.6 is 0 Å². The summed E-state index contributed by atoms with van der Waals surface area (Å²) in [5.74, 6) is -1.71. The molecule has 1 fully saturated rings. The van der Waals surface area contributed by atoms with Crippen LogP contribution in [0.1, 0.15) is 13.8 Å². The van der Waals surface area contributed by atoms with Crippen LogP contribution in [-0.4, -0.2) is 47.4 Å². The fourth-order valence-corrected chi connectivity index (χ4v) is 1.44. The molecule has 1 heterocycles. The molecular formula is C9H14N2O4. The first-order valence-corrected chi connectivity index (χ1v) is 4.60. The number of aliphatic carboxylic acids is 1. The van der Waals surface area contributed by atoms with E-state index in [9.17, 15) is 14.4 Å². The number of carbonyl (C=O) groups is 3. The Morgan fingerprint density at radius 3 is 2.27 bits per heavy atom. The molecule has 15 heavy (non-hydrogen) atoms. The predicted molar refractivity (Wildman–Crippen MR) is 51.0 cm³/mol. The summed E-state index contributed by atoms with van der Waals surface area (Å²) in [4.78, 5) is 34.4. The topological polar surface area (TPSA) is 86.7 Å². The van der Waals surface area contributed by atoms with Gasteiger partial charge in [0.15, 0.2) is 0 Å². The van der Waals surface area contributed by atoms with Crippen molar-refractivity contribution in [3.63, 3.8) is 0 Å². The van der Waals surface area contributed by atoms with E-state index in [1.54, 1.807) is 13.8 Å². The van der Waals surface area contributed by atoms with E-state index in [-0.39, 0.29) is 31.4 Å². The molecule has 6 nitrogen and oxygen atoms in total. The number of carboxylic acids is 1. The highest BCUT2D eigenvalue weighted by Gasteiger charge is 2.33. The van der Waals surface area contributed by atoms with Gasteiger partial charge in [-0.15, -0.1) is 0 Å². The SMILES string of the molecule is CC(C)(CN1CC(=O)NC(=O)C1)C(=O)O. The Labute approximate surface area is 87.2 Å². The minimum absolute atomic E-state index is 0.0719. The van der Waals surface area contributed by atoms with E-state index >= 15 is 0 Å². The molecule has 2 amide bonds. The number of nitrogens with one attached hydrogen (secondary N) is 1. The van der Waals surface area contributed by atoms with Gasteiger partial charge in [-0.1, -0.05) is 0 Å². The molecule has 1 rings (SSSR count). The molecule has 1 aliphatic rings. The third kappa shape index (κ3) is 3.02. The fourth-order valence-electron chi connectivity index (χ4n) is 1.44. The van der Waals surface area contributed by atoms with E-state index in [0.717, 1.165) is 0 Å². The van der Waals surface area contributed by atoms with Crippen molar-refractivity contribution >= 4 is 17.8 Å². The minimum atomic E-state index is -0.960. The second-order valence-corrected chi connectivity index (χ2v) is 4.31. The van der Waals surface area contributed by atoms with E-state index in [2.05, 4.69) is 5.32 Å². The van der Waals surface area contributed by atoms with Crippen LogP contribution in [0.2, 0.25) is 0 Å². The third-order valence-electron chi connectivity index (χ3n) is 2.21. The lowest BCUT2D eigenvalue weighted by Crippen LogP contribution is -2.54. The lowest BCUT2D eigenvalue weighted by atomic mass is 9.93. The highest BCUT2D eigenvalue weighted by atomic mass is 16.4. The van der Waals surface area contributed by atoms with Gasteiger partial charge >= 0.3 is 5.97 Å². The average Bonchev–Trinajstić information content (AvgIpc) is 1.99. The molecule has 0 saturated carbocycles. The number of carboxylic acid groups (broad SMARTS) is 1. The van der Waals surface area contributed by atoms with Gasteiger partial charge in [-0.05, 0) is 13.8 Å². The molecule has 0 aliphatic carbocycles. The van der Waals surface area contributed by atoms with Crippen molar-refractivity contribution in [2.75, 3.05) is 19.6 Å². The number of imide groups is 1. The van der Waals surface area contributed by atoms with Crippen LogP contribution in [0.4, 0.5) is 0 Å². The van der Waals surface area contributed by atoms with E-state index in [1.165, 1.54) is 4.90 Å². The van der Waals surface area contributed by atoms with Gasteiger partial charge in [0.05, 0.1) is 18.5 Å². The molecule has 0 bridgehead atoms. The summed E-state index contributed by atoms with van der Waals surface area (Å²) in [6.45, 7) is 3.45. The van der Waals surface area contributed by atoms with Gasteiger partial charge in [0.1, 0.15) is 0 Å². The number of hydrogen-bond acceptors (Lipinski definition) is 4. The van der Waals surface area contributed by atoms with Crippen LogP contribution in [0.25, 0.3) is 0 Å². The summed E-state index contributed by atoms with van der Waals surface area (Å²) in [6, 6.07) is 0. The Morgan fingerprint density at radius 2 is 1.87 bits per heavy atom. The maximum Gasteiger partial charge on any atom is 0.310 e. The first kappa shape index (κ1) is 11.6. The van der Waals surface area contributed by atoms with Crippen molar-refractivity contribution in [2.24, 2.45) is 5.41 Å². The number of rotatable bonds is 3. The molecular weight excluding hydrogens is 200 g/mol. The lowest BCUT2D eigenvalue weighted by Gasteiger charge is -2.31. The summed E-state index contributed by atoms with van der Waals surface area (Å²) >= 11 is 0. The van der Waals surface area contributed by atoms with Crippen molar-refractivity contribution < 1.29 is 19.5 Å². The molecule has 2 N–H and O–H groups in total. The first-order chi connectivity index (χ1) is 6.81. The Hall–Kier alpha value is -1.43. The first-order valence-electron chi connectivity index (χ1n) is 4.60. The third-order valence-corrected chi connectivity index (χ3v) is 2.21. The summed E-state index contributed by atoms with van der Waals surface area (Å²) < 4.78 is 0. The van der Waals surface area contributed by atoms with E-state index < -0.39 is 11.4 Å². The Balaban J connectivity index is 2.62. The van der Waals surface area contributed by atoms with Crippen LogP contribution in [0, 0.1) is 5.41 Å². The molecule has 6 heteroatoms. The Morgan fingerprint density at radius 1 is 1.40 bits per heavy atom. The molecule has 0 atom stereocenters. The molecule has 0 spiro atoms. The summed E-state index contributed by atoms with van der Waals surface area (Å²) in [6.07, 6.45) is 0. The molecule has 0 radical (unpaired) electrons. The van der Waals surface area contributed by atoms with Crippen LogP contribution in [-0.2, 0) is 14.4 Å². The van der Waals surface area contributed by atoms with Gasteiger partial charge in [0, 0.05) is 6.54 Å². The quantitative estimate of drug-likeness (QED) is 0.592. The zero-order valence-electron chi connectivity index (χ0n) is 8.74. The number of nitrogens with zero attached hydrogens (tertiary/aromatic N) is 1. The van der Waals surface area contributed by atoms with Crippen LogP contribution in [0.15, 0.2) is 0 Å². The molecule has 0 unspecified atom stereocenters. The highest BCUT2D eigenvalue weighted by molar-refractivity contribution is 5.99. The van der Waals surface area contributed by atoms with Crippen LogP contribution < -0.4 is 5.32 Å². The van der Waals surface area contributed by atoms with Gasteiger partial charge in [-0.25, -0.2) is 0 Å². The molecule has 1 aliphatic heterocycles. The average molecular weight is 214 g/mol. The Bertz CT molecular complexity index is 295. The van der Waals surface area contributed by atoms with Gasteiger partial charge in [0.2, 0.25) is 11.8 Å². The van der Waals surface area contributed by atoms with Gasteiger partial charge in [-0.3, -0.25) is 24.6 Å². The Kier molecular flexibility index (Phi) is 3.09. The fraction of sp³-hybridized carbons (Fsp3) is 0.667. The van der Waals surface area contributed by atoms with Crippen molar-refractivity contribution in [1.29, 1.82) is 0 Å². The monoisotopic (exact) mass is 214 g/mol. The summed E-state index contributed by atoms with van der Waals surface area (Å²) in [5, 5.41) is 11.0. The maximum absolute atomic E-state index is 11.0. The zero-order chi connectivity index (χ0) is 11.6. The summed E-state index contributed by atoms with van der Waals surface area (Å²) in [5.41, 5.74) is -0.960. The van der Waals surface area contributed by atoms with Crippen molar-refractivity contribution in [2.45, 2.75) is 13.8 Å². The molecule has 84 valence electrons. The lowest BCUT2D eigenvalue weighted by molar-refractivity contribution is -0.150. The zero-order valence-corrected chi connectivity index (χ0v) is 8.74. The van der Waals surface area contributed by atoms with E-state index in [1.807, 2.05) is 0 Å². The van der Waals surface area contributed by atoms with Gasteiger partial charge < -0.3 is 5.11 Å². The minimum Gasteiger partial charge on any atom is -0.481 e. The number of hydrogen-bond donors (Lipinski definition) is 2. The number of amides is 2. The van der Waals surface area contributed by atoms with Crippen molar-refractivity contribution in [3.8, 4) is 0 Å². The van der Waals surface area contributed by atoms with Crippen LogP contribution in [0.3, 0.4) is 0 Å². The summed E-state index contributed by atoms with van der Waals surface area (Å²) in [7, 11) is 0. The normalized spacial score (nSPS) is 18.8. The highest BCUT2D eigenvalue weighted by Crippen LogP contribution is 2.17. The van der Waals surface area contributed by atoms with Crippen LogP contribution in [0.5, 0.6) is 0 Å². The number of piperazine rings is 1. The second-order valence-electron chi connectivity index (χ2n) is 4.31. The molecule has 0 aromatic rings. The molecule has 0 aromatic heterocycles. The predicted octanol–water partition coefficient (Wildman–Crippen LogP) is -0.944. The standard InChI is InChI=1S/C9H14N2O4/c1-9(2,8(14)15)5-11-3-6(12)10-7(13)4-11/h3-5H2,1-2H3,(H,14,15)(H,10,12,13). The molecule has 0 aromatic carbocycles. The van der Waals surface area contributed by atoms with E-state index in [0.29, 0.717) is 0 Å².